The molecule has 1 aliphatic rings. The van der Waals surface area contributed by atoms with E-state index in [1.54, 1.807) is 13.2 Å². The standard InChI is InChI=1S/C12H17NO3/c1-15-9-4-2-8(3-5-9)10-6-7-11(16-10)12(13)14/h6-9H,2-5H2,1H3,(H2,13,14). The normalized spacial score (nSPS) is 25.6. The van der Waals surface area contributed by atoms with E-state index >= 15 is 0 Å². The molecule has 0 unspecified atom stereocenters. The molecule has 0 bridgehead atoms. The molecule has 1 heterocycles. The lowest BCUT2D eigenvalue weighted by Crippen LogP contribution is -2.19. The van der Waals surface area contributed by atoms with Gasteiger partial charge in [0.2, 0.25) is 0 Å². The smallest absolute Gasteiger partial charge is 0.284 e. The molecule has 1 fully saturated rings. The summed E-state index contributed by atoms with van der Waals surface area (Å²) in [6, 6.07) is 3.51. The molecular formula is C12H17NO3. The zero-order valence-corrected chi connectivity index (χ0v) is 9.44. The molecule has 0 atom stereocenters. The van der Waals surface area contributed by atoms with Gasteiger partial charge < -0.3 is 14.9 Å². The van der Waals surface area contributed by atoms with Crippen molar-refractivity contribution in [1.29, 1.82) is 0 Å². The molecule has 2 N–H and O–H groups in total. The fourth-order valence-electron chi connectivity index (χ4n) is 2.29. The molecule has 4 heteroatoms. The van der Waals surface area contributed by atoms with Crippen LogP contribution in [0.25, 0.3) is 0 Å². The quantitative estimate of drug-likeness (QED) is 0.852. The number of nitrogens with two attached hydrogens (primary N) is 1. The number of hydrogen-bond acceptors (Lipinski definition) is 3. The third-order valence-electron chi connectivity index (χ3n) is 3.28. The molecule has 1 aromatic heterocycles. The van der Waals surface area contributed by atoms with Gasteiger partial charge in [-0.1, -0.05) is 0 Å². The van der Waals surface area contributed by atoms with E-state index in [9.17, 15) is 4.79 Å². The van der Waals surface area contributed by atoms with Crippen molar-refractivity contribution < 1.29 is 13.9 Å². The van der Waals surface area contributed by atoms with Crippen LogP contribution in [0.2, 0.25) is 0 Å². The third-order valence-corrected chi connectivity index (χ3v) is 3.28. The van der Waals surface area contributed by atoms with E-state index in [0.29, 0.717) is 12.0 Å². The monoisotopic (exact) mass is 223 g/mol. The first-order valence-electron chi connectivity index (χ1n) is 5.63. The highest BCUT2D eigenvalue weighted by Gasteiger charge is 2.24. The molecule has 88 valence electrons. The Bertz CT molecular complexity index is 364. The highest BCUT2D eigenvalue weighted by molar-refractivity contribution is 5.89. The van der Waals surface area contributed by atoms with Gasteiger partial charge in [-0.3, -0.25) is 4.79 Å². The minimum atomic E-state index is -0.503. The number of carbonyl (C=O) groups excluding carboxylic acids is 1. The van der Waals surface area contributed by atoms with Crippen LogP contribution in [0.4, 0.5) is 0 Å². The maximum atomic E-state index is 10.9. The van der Waals surface area contributed by atoms with Gasteiger partial charge in [0.1, 0.15) is 5.76 Å². The third kappa shape index (κ3) is 2.27. The first kappa shape index (κ1) is 11.2. The topological polar surface area (TPSA) is 65.5 Å². The number of ether oxygens (including phenoxy) is 1. The average Bonchev–Trinajstić information content (AvgIpc) is 2.78. The molecule has 1 amide bonds. The fourth-order valence-corrected chi connectivity index (χ4v) is 2.29. The lowest BCUT2D eigenvalue weighted by atomic mass is 9.86. The van der Waals surface area contributed by atoms with E-state index in [1.165, 1.54) is 0 Å². The van der Waals surface area contributed by atoms with Crippen LogP contribution in [0, 0.1) is 0 Å². The molecule has 2 rings (SSSR count). The summed E-state index contributed by atoms with van der Waals surface area (Å²) in [6.45, 7) is 0. The van der Waals surface area contributed by atoms with Crippen molar-refractivity contribution in [1.82, 2.24) is 0 Å². The first-order chi connectivity index (χ1) is 7.70. The maximum absolute atomic E-state index is 10.9. The van der Waals surface area contributed by atoms with E-state index in [1.807, 2.05) is 6.07 Å². The summed E-state index contributed by atoms with van der Waals surface area (Å²) in [5, 5.41) is 0. The molecule has 1 aliphatic carbocycles. The van der Waals surface area contributed by atoms with E-state index in [2.05, 4.69) is 0 Å². The summed E-state index contributed by atoms with van der Waals surface area (Å²) in [7, 11) is 1.75. The molecular weight excluding hydrogens is 206 g/mol. The van der Waals surface area contributed by atoms with Crippen LogP contribution < -0.4 is 5.73 Å². The van der Waals surface area contributed by atoms with E-state index in [4.69, 9.17) is 14.9 Å². The summed E-state index contributed by atoms with van der Waals surface area (Å²) >= 11 is 0. The summed E-state index contributed by atoms with van der Waals surface area (Å²) in [6.07, 6.45) is 4.57. The second kappa shape index (κ2) is 4.70. The summed E-state index contributed by atoms with van der Waals surface area (Å²) in [5.41, 5.74) is 5.15. The zero-order chi connectivity index (χ0) is 11.5. The molecule has 0 spiro atoms. The average molecular weight is 223 g/mol. The fraction of sp³-hybridized carbons (Fsp3) is 0.583. The molecule has 4 nitrogen and oxygen atoms in total. The first-order valence-corrected chi connectivity index (χ1v) is 5.63. The van der Waals surface area contributed by atoms with Gasteiger partial charge in [-0.25, -0.2) is 0 Å². The largest absolute Gasteiger partial charge is 0.456 e. The van der Waals surface area contributed by atoms with Gasteiger partial charge in [0.25, 0.3) is 5.91 Å². The maximum Gasteiger partial charge on any atom is 0.284 e. The summed E-state index contributed by atoms with van der Waals surface area (Å²) in [4.78, 5) is 10.9. The second-order valence-corrected chi connectivity index (χ2v) is 4.28. The molecule has 0 aliphatic heterocycles. The van der Waals surface area contributed by atoms with Gasteiger partial charge in [-0.15, -0.1) is 0 Å². The van der Waals surface area contributed by atoms with Crippen molar-refractivity contribution in [2.45, 2.75) is 37.7 Å². The molecule has 1 saturated carbocycles. The molecule has 0 radical (unpaired) electrons. The van der Waals surface area contributed by atoms with Gasteiger partial charge in [0.15, 0.2) is 5.76 Å². The molecule has 1 aromatic rings. The van der Waals surface area contributed by atoms with Crippen molar-refractivity contribution in [3.05, 3.63) is 23.7 Å². The van der Waals surface area contributed by atoms with Gasteiger partial charge in [-0.05, 0) is 37.8 Å². The number of furan rings is 1. The van der Waals surface area contributed by atoms with Gasteiger partial charge >= 0.3 is 0 Å². The van der Waals surface area contributed by atoms with Crippen molar-refractivity contribution in [2.24, 2.45) is 5.73 Å². The number of hydrogen-bond donors (Lipinski definition) is 1. The Kier molecular flexibility index (Phi) is 3.29. The van der Waals surface area contributed by atoms with Crippen LogP contribution in [0.5, 0.6) is 0 Å². The number of amides is 1. The van der Waals surface area contributed by atoms with Crippen LogP contribution in [-0.2, 0) is 4.74 Å². The number of carbonyl (C=O) groups is 1. The minimum Gasteiger partial charge on any atom is -0.456 e. The molecule has 16 heavy (non-hydrogen) atoms. The lowest BCUT2D eigenvalue weighted by molar-refractivity contribution is 0.0636. The Morgan fingerprint density at radius 2 is 2.06 bits per heavy atom. The van der Waals surface area contributed by atoms with Gasteiger partial charge in [0, 0.05) is 13.0 Å². The van der Waals surface area contributed by atoms with Gasteiger partial charge in [-0.2, -0.15) is 0 Å². The predicted octanol–water partition coefficient (Wildman–Crippen LogP) is 2.05. The molecule has 0 aromatic carbocycles. The highest BCUT2D eigenvalue weighted by Crippen LogP contribution is 2.34. The van der Waals surface area contributed by atoms with Crippen LogP contribution in [0.15, 0.2) is 16.5 Å². The lowest BCUT2D eigenvalue weighted by Gasteiger charge is -2.26. The Hall–Kier alpha value is -1.29. The van der Waals surface area contributed by atoms with Crippen LogP contribution in [-0.4, -0.2) is 19.1 Å². The van der Waals surface area contributed by atoms with Crippen molar-refractivity contribution in [3.8, 4) is 0 Å². The number of methoxy groups -OCH3 is 1. The SMILES string of the molecule is COC1CCC(c2ccc(C(N)=O)o2)CC1. The van der Waals surface area contributed by atoms with E-state index in [0.717, 1.165) is 31.4 Å². The molecule has 0 saturated heterocycles. The van der Waals surface area contributed by atoms with Crippen LogP contribution in [0.1, 0.15) is 47.9 Å². The number of rotatable bonds is 3. The van der Waals surface area contributed by atoms with Gasteiger partial charge in [0.05, 0.1) is 6.10 Å². The Morgan fingerprint density at radius 1 is 1.38 bits per heavy atom. The summed E-state index contributed by atoms with van der Waals surface area (Å²) in [5.74, 6) is 1.03. The predicted molar refractivity (Wildman–Crippen MR) is 59.2 cm³/mol. The minimum absolute atomic E-state index is 0.254. The Labute approximate surface area is 94.8 Å². The second-order valence-electron chi connectivity index (χ2n) is 4.28. The Balaban J connectivity index is 2.00. The van der Waals surface area contributed by atoms with Crippen LogP contribution >= 0.6 is 0 Å². The van der Waals surface area contributed by atoms with Crippen molar-refractivity contribution in [3.63, 3.8) is 0 Å². The van der Waals surface area contributed by atoms with Crippen LogP contribution in [0.3, 0.4) is 0 Å². The Morgan fingerprint density at radius 3 is 2.56 bits per heavy atom. The highest BCUT2D eigenvalue weighted by atomic mass is 16.5. The van der Waals surface area contributed by atoms with Crippen molar-refractivity contribution in [2.75, 3.05) is 7.11 Å². The zero-order valence-electron chi connectivity index (χ0n) is 9.44. The number of primary amides is 1. The van der Waals surface area contributed by atoms with E-state index < -0.39 is 5.91 Å². The summed E-state index contributed by atoms with van der Waals surface area (Å²) < 4.78 is 10.8. The van der Waals surface area contributed by atoms with E-state index in [-0.39, 0.29) is 5.76 Å². The van der Waals surface area contributed by atoms with Crippen molar-refractivity contribution >= 4 is 5.91 Å².